The van der Waals surface area contributed by atoms with Crippen LogP contribution in [0.25, 0.3) is 0 Å². The SMILES string of the molecule is Cc1ccccc1C(=O)N1CCC[C@H]([C@H](C)N)C1. The summed E-state index contributed by atoms with van der Waals surface area (Å²) < 4.78 is 0. The average Bonchev–Trinajstić information content (AvgIpc) is 2.38. The van der Waals surface area contributed by atoms with Gasteiger partial charge in [0.2, 0.25) is 0 Å². The van der Waals surface area contributed by atoms with Crippen LogP contribution in [-0.4, -0.2) is 29.9 Å². The molecule has 1 aliphatic heterocycles. The summed E-state index contributed by atoms with van der Waals surface area (Å²) in [7, 11) is 0. The zero-order valence-corrected chi connectivity index (χ0v) is 11.2. The van der Waals surface area contributed by atoms with Gasteiger partial charge in [-0.15, -0.1) is 0 Å². The predicted octanol–water partition coefficient (Wildman–Crippen LogP) is 2.19. The minimum Gasteiger partial charge on any atom is -0.338 e. The summed E-state index contributed by atoms with van der Waals surface area (Å²) in [5.74, 6) is 0.588. The fourth-order valence-electron chi connectivity index (χ4n) is 2.61. The van der Waals surface area contributed by atoms with Crippen molar-refractivity contribution in [3.05, 3.63) is 35.4 Å². The summed E-state index contributed by atoms with van der Waals surface area (Å²) in [6.45, 7) is 5.67. The maximum absolute atomic E-state index is 12.5. The molecule has 3 heteroatoms. The fourth-order valence-corrected chi connectivity index (χ4v) is 2.61. The highest BCUT2D eigenvalue weighted by atomic mass is 16.2. The zero-order chi connectivity index (χ0) is 13.1. The summed E-state index contributed by atoms with van der Waals surface area (Å²) in [6, 6.07) is 7.95. The Morgan fingerprint density at radius 1 is 1.44 bits per heavy atom. The molecule has 1 amide bonds. The van der Waals surface area contributed by atoms with Crippen LogP contribution in [0.4, 0.5) is 0 Å². The van der Waals surface area contributed by atoms with Gasteiger partial charge in [-0.2, -0.15) is 0 Å². The van der Waals surface area contributed by atoms with Crippen molar-refractivity contribution >= 4 is 5.91 Å². The average molecular weight is 246 g/mol. The molecule has 2 atom stereocenters. The molecule has 3 nitrogen and oxygen atoms in total. The first-order chi connectivity index (χ1) is 8.59. The summed E-state index contributed by atoms with van der Waals surface area (Å²) in [6.07, 6.45) is 2.19. The monoisotopic (exact) mass is 246 g/mol. The number of carbonyl (C=O) groups excluding carboxylic acids is 1. The standard InChI is InChI=1S/C15H22N2O/c1-11-6-3-4-8-14(11)15(18)17-9-5-7-13(10-17)12(2)16/h3-4,6,8,12-13H,5,7,9-10,16H2,1-2H3/t12-,13-/m0/s1. The number of hydrogen-bond donors (Lipinski definition) is 1. The lowest BCUT2D eigenvalue weighted by molar-refractivity contribution is 0.0660. The highest BCUT2D eigenvalue weighted by molar-refractivity contribution is 5.95. The lowest BCUT2D eigenvalue weighted by Crippen LogP contribution is -2.45. The quantitative estimate of drug-likeness (QED) is 0.869. The van der Waals surface area contributed by atoms with E-state index in [1.165, 1.54) is 0 Å². The van der Waals surface area contributed by atoms with Crippen LogP contribution in [0.5, 0.6) is 0 Å². The maximum atomic E-state index is 12.5. The lowest BCUT2D eigenvalue weighted by Gasteiger charge is -2.35. The first kappa shape index (κ1) is 13.1. The number of aryl methyl sites for hydroxylation is 1. The molecule has 1 aromatic carbocycles. The van der Waals surface area contributed by atoms with Gasteiger partial charge in [-0.3, -0.25) is 4.79 Å². The van der Waals surface area contributed by atoms with Gasteiger partial charge in [0.05, 0.1) is 0 Å². The number of hydrogen-bond acceptors (Lipinski definition) is 2. The second kappa shape index (κ2) is 5.53. The van der Waals surface area contributed by atoms with Crippen LogP contribution in [0, 0.1) is 12.8 Å². The highest BCUT2D eigenvalue weighted by Gasteiger charge is 2.26. The summed E-state index contributed by atoms with van der Waals surface area (Å²) >= 11 is 0. The van der Waals surface area contributed by atoms with E-state index >= 15 is 0 Å². The molecular weight excluding hydrogens is 224 g/mol. The Kier molecular flexibility index (Phi) is 4.02. The highest BCUT2D eigenvalue weighted by Crippen LogP contribution is 2.21. The van der Waals surface area contributed by atoms with Gasteiger partial charge in [0.1, 0.15) is 0 Å². The molecule has 2 rings (SSSR count). The van der Waals surface area contributed by atoms with Crippen LogP contribution in [-0.2, 0) is 0 Å². The topological polar surface area (TPSA) is 46.3 Å². The third-order valence-corrected chi connectivity index (χ3v) is 3.86. The molecule has 1 saturated heterocycles. The van der Waals surface area contributed by atoms with E-state index in [0.29, 0.717) is 5.92 Å². The molecule has 0 spiro atoms. The number of nitrogens with zero attached hydrogens (tertiary/aromatic N) is 1. The smallest absolute Gasteiger partial charge is 0.254 e. The number of carbonyl (C=O) groups is 1. The summed E-state index contributed by atoms with van der Waals surface area (Å²) in [4.78, 5) is 14.4. The van der Waals surface area contributed by atoms with Gasteiger partial charge >= 0.3 is 0 Å². The number of nitrogens with two attached hydrogens (primary N) is 1. The number of benzene rings is 1. The van der Waals surface area contributed by atoms with E-state index < -0.39 is 0 Å². The number of rotatable bonds is 2. The van der Waals surface area contributed by atoms with Gasteiger partial charge in [-0.1, -0.05) is 18.2 Å². The fraction of sp³-hybridized carbons (Fsp3) is 0.533. The number of piperidine rings is 1. The molecule has 1 fully saturated rings. The molecule has 0 aliphatic carbocycles. The first-order valence-corrected chi connectivity index (χ1v) is 6.70. The molecule has 0 bridgehead atoms. The van der Waals surface area contributed by atoms with Crippen LogP contribution in [0.3, 0.4) is 0 Å². The van der Waals surface area contributed by atoms with E-state index in [2.05, 4.69) is 0 Å². The van der Waals surface area contributed by atoms with Crippen molar-refractivity contribution < 1.29 is 4.79 Å². The van der Waals surface area contributed by atoms with Crippen molar-refractivity contribution in [3.8, 4) is 0 Å². The van der Waals surface area contributed by atoms with Gasteiger partial charge in [0, 0.05) is 24.7 Å². The molecule has 0 aromatic heterocycles. The van der Waals surface area contributed by atoms with Gasteiger partial charge < -0.3 is 10.6 Å². The van der Waals surface area contributed by atoms with Gasteiger partial charge in [-0.05, 0) is 44.2 Å². The van der Waals surface area contributed by atoms with E-state index in [9.17, 15) is 4.79 Å². The van der Waals surface area contributed by atoms with Crippen molar-refractivity contribution in [2.45, 2.75) is 32.7 Å². The lowest BCUT2D eigenvalue weighted by atomic mass is 9.91. The van der Waals surface area contributed by atoms with Crippen LogP contribution < -0.4 is 5.73 Å². The van der Waals surface area contributed by atoms with Crippen molar-refractivity contribution in [3.63, 3.8) is 0 Å². The third kappa shape index (κ3) is 2.72. The molecular formula is C15H22N2O. The largest absolute Gasteiger partial charge is 0.338 e. The molecule has 0 radical (unpaired) electrons. The molecule has 98 valence electrons. The van der Waals surface area contributed by atoms with E-state index in [1.807, 2.05) is 43.0 Å². The minimum atomic E-state index is 0.151. The predicted molar refractivity (Wildman–Crippen MR) is 73.5 cm³/mol. The van der Waals surface area contributed by atoms with Gasteiger partial charge in [0.15, 0.2) is 0 Å². The van der Waals surface area contributed by atoms with Gasteiger partial charge in [0.25, 0.3) is 5.91 Å². The van der Waals surface area contributed by atoms with Crippen LogP contribution in [0.2, 0.25) is 0 Å². The Balaban J connectivity index is 2.12. The van der Waals surface area contributed by atoms with E-state index in [1.54, 1.807) is 0 Å². The maximum Gasteiger partial charge on any atom is 0.254 e. The Bertz CT molecular complexity index is 428. The Morgan fingerprint density at radius 3 is 2.83 bits per heavy atom. The molecule has 1 aliphatic rings. The molecule has 18 heavy (non-hydrogen) atoms. The molecule has 0 unspecified atom stereocenters. The van der Waals surface area contributed by atoms with Crippen molar-refractivity contribution in [2.24, 2.45) is 11.7 Å². The third-order valence-electron chi connectivity index (χ3n) is 3.86. The van der Waals surface area contributed by atoms with Crippen LogP contribution in [0.1, 0.15) is 35.7 Å². The van der Waals surface area contributed by atoms with Crippen LogP contribution in [0.15, 0.2) is 24.3 Å². The number of amides is 1. The number of likely N-dealkylation sites (tertiary alicyclic amines) is 1. The first-order valence-electron chi connectivity index (χ1n) is 6.70. The van der Waals surface area contributed by atoms with E-state index in [0.717, 1.165) is 37.1 Å². The van der Waals surface area contributed by atoms with E-state index in [-0.39, 0.29) is 11.9 Å². The van der Waals surface area contributed by atoms with Crippen molar-refractivity contribution in [1.82, 2.24) is 4.90 Å². The second-order valence-electron chi connectivity index (χ2n) is 5.33. The summed E-state index contributed by atoms with van der Waals surface area (Å²) in [5.41, 5.74) is 7.83. The Hall–Kier alpha value is -1.35. The normalized spacial score (nSPS) is 21.7. The molecule has 1 heterocycles. The summed E-state index contributed by atoms with van der Waals surface area (Å²) in [5, 5.41) is 0. The minimum absolute atomic E-state index is 0.151. The van der Waals surface area contributed by atoms with E-state index in [4.69, 9.17) is 5.73 Å². The molecule has 2 N–H and O–H groups in total. The Morgan fingerprint density at radius 2 is 2.17 bits per heavy atom. The van der Waals surface area contributed by atoms with Crippen LogP contribution >= 0.6 is 0 Å². The second-order valence-corrected chi connectivity index (χ2v) is 5.33. The zero-order valence-electron chi connectivity index (χ0n) is 11.2. The van der Waals surface area contributed by atoms with Gasteiger partial charge in [-0.25, -0.2) is 0 Å². The van der Waals surface area contributed by atoms with Crippen molar-refractivity contribution in [2.75, 3.05) is 13.1 Å². The van der Waals surface area contributed by atoms with Crippen molar-refractivity contribution in [1.29, 1.82) is 0 Å². The molecule has 0 saturated carbocycles. The molecule has 1 aromatic rings. The Labute approximate surface area is 109 Å².